The monoisotopic (exact) mass is 446 g/mol. The first-order valence-corrected chi connectivity index (χ1v) is 15.2. The molecule has 0 aliphatic rings. The Hall–Kier alpha value is -1.16. The van der Waals surface area contributed by atoms with Crippen LogP contribution in [0, 0.1) is 0 Å². The summed E-state index contributed by atoms with van der Waals surface area (Å²) in [6, 6.07) is 3.54. The third-order valence-corrected chi connectivity index (χ3v) is 10.3. The first kappa shape index (κ1) is 29.8. The van der Waals surface area contributed by atoms with Gasteiger partial charge in [-0.25, -0.2) is 0 Å². The molecule has 0 rings (SSSR count). The molecule has 0 aliphatic heterocycles. The second-order valence-corrected chi connectivity index (χ2v) is 12.6. The molecule has 0 N–H and O–H groups in total. The first-order chi connectivity index (χ1) is 15.2. The van der Waals surface area contributed by atoms with Crippen LogP contribution >= 0.6 is 0 Å². The van der Waals surface area contributed by atoms with Crippen LogP contribution in [0.15, 0.2) is 60.8 Å². The van der Waals surface area contributed by atoms with Crippen molar-refractivity contribution in [3.8, 4) is 0 Å². The van der Waals surface area contributed by atoms with E-state index in [0.717, 1.165) is 58.0 Å². The number of unbranched alkanes of at least 4 members (excludes halogenated alkanes) is 1. The Labute approximate surface area is 195 Å². The fourth-order valence-electron chi connectivity index (χ4n) is 3.41. The van der Waals surface area contributed by atoms with Gasteiger partial charge in [-0.2, -0.15) is 0 Å². The molecule has 0 fully saturated rings. The molecule has 0 heterocycles. The van der Waals surface area contributed by atoms with E-state index in [4.69, 9.17) is 9.16 Å². The average Bonchev–Trinajstić information content (AvgIpc) is 2.79. The number of ether oxygens (including phenoxy) is 1. The lowest BCUT2D eigenvalue weighted by Crippen LogP contribution is -2.40. The van der Waals surface area contributed by atoms with E-state index in [-0.39, 0.29) is 6.29 Å². The summed E-state index contributed by atoms with van der Waals surface area (Å²) in [5.41, 5.74) is 0. The summed E-state index contributed by atoms with van der Waals surface area (Å²) < 4.78 is 12.4. The van der Waals surface area contributed by atoms with Crippen molar-refractivity contribution in [2.24, 2.45) is 0 Å². The maximum Gasteiger partial charge on any atom is 0.195 e. The smallest absolute Gasteiger partial charge is 0.195 e. The van der Waals surface area contributed by atoms with Gasteiger partial charge in [0.1, 0.15) is 6.29 Å². The Bertz CT molecular complexity index is 519. The van der Waals surface area contributed by atoms with Crippen molar-refractivity contribution in [1.82, 2.24) is 0 Å². The largest absolute Gasteiger partial charge is 0.392 e. The van der Waals surface area contributed by atoms with Crippen molar-refractivity contribution in [3.05, 3.63) is 60.8 Å². The fraction of sp³-hybridized carbons (Fsp3) is 0.643. The van der Waals surface area contributed by atoms with Crippen LogP contribution in [0.2, 0.25) is 18.1 Å². The lowest BCUT2D eigenvalue weighted by Gasteiger charge is -2.33. The molecule has 0 radical (unpaired) electrons. The van der Waals surface area contributed by atoms with Crippen molar-refractivity contribution in [3.63, 3.8) is 0 Å². The average molecular weight is 447 g/mol. The van der Waals surface area contributed by atoms with E-state index in [1.54, 1.807) is 0 Å². The summed E-state index contributed by atoms with van der Waals surface area (Å²) in [5, 5.41) is 0. The highest BCUT2D eigenvalue weighted by Gasteiger charge is 2.32. The Morgan fingerprint density at radius 3 is 1.48 bits per heavy atom. The van der Waals surface area contributed by atoms with Gasteiger partial charge in [-0.05, 0) is 76.4 Å². The molecule has 0 aromatic heterocycles. The summed E-state index contributed by atoms with van der Waals surface area (Å²) in [6.45, 7) is 11.8. The summed E-state index contributed by atoms with van der Waals surface area (Å²) in [5.74, 6) is 0. The van der Waals surface area contributed by atoms with Gasteiger partial charge in [-0.1, -0.05) is 88.5 Å². The molecule has 31 heavy (non-hydrogen) atoms. The van der Waals surface area contributed by atoms with Gasteiger partial charge in [0.2, 0.25) is 0 Å². The van der Waals surface area contributed by atoms with Gasteiger partial charge in [0.15, 0.2) is 8.32 Å². The molecule has 2 nitrogen and oxygen atoms in total. The maximum atomic E-state index is 6.52. The van der Waals surface area contributed by atoms with E-state index < -0.39 is 8.32 Å². The zero-order valence-corrected chi connectivity index (χ0v) is 22.2. The van der Waals surface area contributed by atoms with Gasteiger partial charge in [-0.3, -0.25) is 0 Å². The number of hydrogen-bond acceptors (Lipinski definition) is 2. The van der Waals surface area contributed by atoms with Crippen LogP contribution in [0.5, 0.6) is 0 Å². The van der Waals surface area contributed by atoms with E-state index in [0.29, 0.717) is 0 Å². The molecule has 0 bridgehead atoms. The summed E-state index contributed by atoms with van der Waals surface area (Å²) in [6.07, 6.45) is 30.9. The van der Waals surface area contributed by atoms with Gasteiger partial charge in [0, 0.05) is 6.61 Å². The summed E-state index contributed by atoms with van der Waals surface area (Å²) in [4.78, 5) is 0. The molecule has 0 amide bonds. The van der Waals surface area contributed by atoms with Crippen molar-refractivity contribution in [2.75, 3.05) is 6.61 Å². The number of hydrogen-bond donors (Lipinski definition) is 0. The van der Waals surface area contributed by atoms with E-state index in [9.17, 15) is 0 Å². The SMILES string of the molecule is CC/C=C\C/C=C\C/C=C\C/C=C\C/C=C\CCCC(OCC)O[Si](CC)(CC)CC. The predicted octanol–water partition coefficient (Wildman–Crippen LogP) is 9.29. The third kappa shape index (κ3) is 17.1. The second-order valence-electron chi connectivity index (χ2n) is 7.89. The topological polar surface area (TPSA) is 18.5 Å². The van der Waals surface area contributed by atoms with Gasteiger partial charge in [0.05, 0.1) is 0 Å². The lowest BCUT2D eigenvalue weighted by molar-refractivity contribution is -0.0877. The van der Waals surface area contributed by atoms with Crippen LogP contribution in [0.1, 0.15) is 86.0 Å². The molecule has 1 atom stereocenters. The van der Waals surface area contributed by atoms with Gasteiger partial charge < -0.3 is 9.16 Å². The molecule has 0 aromatic carbocycles. The summed E-state index contributed by atoms with van der Waals surface area (Å²) in [7, 11) is -1.59. The van der Waals surface area contributed by atoms with Crippen molar-refractivity contribution >= 4 is 8.32 Å². The molecule has 3 heteroatoms. The van der Waals surface area contributed by atoms with E-state index in [2.05, 4.69) is 95.4 Å². The Balaban J connectivity index is 3.95. The molecular formula is C28H50O2Si. The van der Waals surface area contributed by atoms with E-state index in [1.165, 1.54) is 18.1 Å². The number of rotatable bonds is 20. The van der Waals surface area contributed by atoms with E-state index >= 15 is 0 Å². The zero-order chi connectivity index (χ0) is 23.0. The highest BCUT2D eigenvalue weighted by molar-refractivity contribution is 6.73. The van der Waals surface area contributed by atoms with Gasteiger partial charge in [-0.15, -0.1) is 0 Å². The third-order valence-electron chi connectivity index (χ3n) is 5.64. The minimum atomic E-state index is -1.59. The zero-order valence-electron chi connectivity index (χ0n) is 21.2. The molecule has 0 saturated heterocycles. The molecule has 0 spiro atoms. The van der Waals surface area contributed by atoms with Crippen LogP contribution < -0.4 is 0 Å². The molecular weight excluding hydrogens is 396 g/mol. The van der Waals surface area contributed by atoms with Crippen molar-refractivity contribution < 1.29 is 9.16 Å². The fourth-order valence-corrected chi connectivity index (χ4v) is 6.16. The first-order valence-electron chi connectivity index (χ1n) is 12.7. The van der Waals surface area contributed by atoms with Crippen LogP contribution in [0.3, 0.4) is 0 Å². The van der Waals surface area contributed by atoms with Crippen LogP contribution in [-0.2, 0) is 9.16 Å². The van der Waals surface area contributed by atoms with Crippen molar-refractivity contribution in [1.29, 1.82) is 0 Å². The lowest BCUT2D eigenvalue weighted by atomic mass is 10.2. The Kier molecular flexibility index (Phi) is 21.2. The molecule has 0 aromatic rings. The normalized spacial score (nSPS) is 14.4. The Morgan fingerprint density at radius 2 is 1.06 bits per heavy atom. The standard InChI is InChI=1S/C28H50O2Si/c1-6-11-12-13-14-15-16-17-18-19-20-21-22-23-24-25-26-27-28(29-7-2)30-31(8-3,9-4)10-5/h11-12,14-15,17-18,20-21,23-24,28H,6-10,13,16,19,22,25-27H2,1-5H3/b12-11-,15-14-,18-17-,21-20-,24-23-. The molecule has 178 valence electrons. The highest BCUT2D eigenvalue weighted by Crippen LogP contribution is 2.25. The minimum absolute atomic E-state index is 0.0146. The van der Waals surface area contributed by atoms with Crippen LogP contribution in [0.25, 0.3) is 0 Å². The summed E-state index contributed by atoms with van der Waals surface area (Å²) >= 11 is 0. The minimum Gasteiger partial charge on any atom is -0.392 e. The van der Waals surface area contributed by atoms with E-state index in [1.807, 2.05) is 0 Å². The van der Waals surface area contributed by atoms with Gasteiger partial charge in [0.25, 0.3) is 0 Å². The van der Waals surface area contributed by atoms with Crippen molar-refractivity contribution in [2.45, 2.75) is 110 Å². The second kappa shape index (κ2) is 22.0. The molecule has 0 aliphatic carbocycles. The number of allylic oxidation sites excluding steroid dienone is 10. The predicted molar refractivity (Wildman–Crippen MR) is 142 cm³/mol. The van der Waals surface area contributed by atoms with Gasteiger partial charge >= 0.3 is 0 Å². The van der Waals surface area contributed by atoms with Crippen LogP contribution in [0.4, 0.5) is 0 Å². The molecule has 0 saturated carbocycles. The maximum absolute atomic E-state index is 6.52. The highest BCUT2D eigenvalue weighted by atomic mass is 28.4. The Morgan fingerprint density at radius 1 is 0.613 bits per heavy atom. The quantitative estimate of drug-likeness (QED) is 0.0802. The van der Waals surface area contributed by atoms with Crippen LogP contribution in [-0.4, -0.2) is 21.2 Å². The molecule has 1 unspecified atom stereocenters.